The molecule has 1 aliphatic rings. The van der Waals surface area contributed by atoms with Crippen LogP contribution in [0.25, 0.3) is 6.08 Å². The molecule has 184 valence electrons. The molecule has 1 aliphatic carbocycles. The first-order valence-electron chi connectivity index (χ1n) is 12.2. The molecule has 6 nitrogen and oxygen atoms in total. The minimum absolute atomic E-state index is 0.197. The molecule has 6 heteroatoms. The zero-order chi connectivity index (χ0) is 25.2. The zero-order valence-corrected chi connectivity index (χ0v) is 21.3. The molecule has 2 aromatic heterocycles. The Morgan fingerprint density at radius 3 is 2.60 bits per heavy atom. The summed E-state index contributed by atoms with van der Waals surface area (Å²) in [6.07, 6.45) is 10.4. The number of allylic oxidation sites excluding steroid dienone is 1. The lowest BCUT2D eigenvalue weighted by molar-refractivity contribution is -0.144. The number of nitrogens with zero attached hydrogens (tertiary/aromatic N) is 3. The summed E-state index contributed by atoms with van der Waals surface area (Å²) in [5.74, 6) is 0.0741. The van der Waals surface area contributed by atoms with Gasteiger partial charge in [-0.2, -0.15) is 0 Å². The summed E-state index contributed by atoms with van der Waals surface area (Å²) in [5.41, 5.74) is 5.97. The number of carbonyl (C=O) groups is 1. The Labute approximate surface area is 208 Å². The van der Waals surface area contributed by atoms with Crippen molar-refractivity contribution in [3.8, 4) is 0 Å². The lowest BCUT2D eigenvalue weighted by Gasteiger charge is -2.28. The molecule has 3 unspecified atom stereocenters. The second kappa shape index (κ2) is 12.9. The summed E-state index contributed by atoms with van der Waals surface area (Å²) in [4.78, 5) is 25.5. The molecule has 2 heterocycles. The minimum atomic E-state index is -0.556. The monoisotopic (exact) mass is 473 g/mol. The van der Waals surface area contributed by atoms with Gasteiger partial charge in [0.05, 0.1) is 17.1 Å². The fourth-order valence-corrected chi connectivity index (χ4v) is 4.45. The zero-order valence-electron chi connectivity index (χ0n) is 21.3. The van der Waals surface area contributed by atoms with Gasteiger partial charge in [-0.05, 0) is 59.6 Å². The number of fused-ring (bicyclic) bond motifs is 2. The summed E-state index contributed by atoms with van der Waals surface area (Å²) >= 11 is 0. The molecule has 35 heavy (non-hydrogen) atoms. The van der Waals surface area contributed by atoms with Gasteiger partial charge in [0.1, 0.15) is 0 Å². The van der Waals surface area contributed by atoms with Gasteiger partial charge in [0.15, 0.2) is 6.10 Å². The number of benzene rings is 1. The van der Waals surface area contributed by atoms with Crippen LogP contribution in [0.5, 0.6) is 0 Å². The molecule has 0 spiro atoms. The van der Waals surface area contributed by atoms with Crippen molar-refractivity contribution in [3.05, 3.63) is 94.8 Å². The van der Waals surface area contributed by atoms with Gasteiger partial charge in [-0.3, -0.25) is 19.7 Å². The molecule has 0 bridgehead atoms. The maximum atomic E-state index is 11.9. The van der Waals surface area contributed by atoms with Gasteiger partial charge < -0.3 is 9.47 Å². The van der Waals surface area contributed by atoms with Crippen molar-refractivity contribution >= 4 is 12.0 Å². The average Bonchev–Trinajstić information content (AvgIpc) is 2.89. The molecule has 4 rings (SSSR count). The molecule has 1 aromatic carbocycles. The van der Waals surface area contributed by atoms with E-state index in [1.54, 1.807) is 25.7 Å². The van der Waals surface area contributed by atoms with Crippen molar-refractivity contribution in [2.24, 2.45) is 5.92 Å². The molecule has 0 saturated heterocycles. The third kappa shape index (κ3) is 6.61. The molecule has 0 radical (unpaired) electrons. The SMILES string of the molecule is CC.COCC1Cc2nccnc2/C=C/Cc2ccc(C(OC(C)=O)c3ccccn3)cc2C1C. The first kappa shape index (κ1) is 26.2. The molecule has 3 atom stereocenters. The summed E-state index contributed by atoms with van der Waals surface area (Å²) < 4.78 is 11.3. The van der Waals surface area contributed by atoms with Crippen molar-refractivity contribution in [1.29, 1.82) is 0 Å². The molecular weight excluding hydrogens is 438 g/mol. The molecule has 0 saturated carbocycles. The number of methoxy groups -OCH3 is 1. The van der Waals surface area contributed by atoms with E-state index >= 15 is 0 Å². The predicted octanol–water partition coefficient (Wildman–Crippen LogP) is 5.73. The fraction of sp³-hybridized carbons (Fsp3) is 0.379. The third-order valence-electron chi connectivity index (χ3n) is 6.17. The summed E-state index contributed by atoms with van der Waals surface area (Å²) in [6.45, 7) is 8.27. The first-order chi connectivity index (χ1) is 17.1. The number of esters is 1. The van der Waals surface area contributed by atoms with Crippen LogP contribution >= 0.6 is 0 Å². The highest BCUT2D eigenvalue weighted by Crippen LogP contribution is 2.35. The van der Waals surface area contributed by atoms with E-state index in [9.17, 15) is 4.79 Å². The lowest BCUT2D eigenvalue weighted by Crippen LogP contribution is -2.22. The van der Waals surface area contributed by atoms with E-state index in [1.165, 1.54) is 18.1 Å². The highest BCUT2D eigenvalue weighted by Gasteiger charge is 2.26. The van der Waals surface area contributed by atoms with Crippen molar-refractivity contribution in [2.75, 3.05) is 13.7 Å². The molecule has 0 amide bonds. The Kier molecular flexibility index (Phi) is 9.67. The number of hydrogen-bond acceptors (Lipinski definition) is 6. The molecule has 0 aliphatic heterocycles. The number of aromatic nitrogens is 3. The van der Waals surface area contributed by atoms with Crippen LogP contribution in [0.1, 0.15) is 73.5 Å². The summed E-state index contributed by atoms with van der Waals surface area (Å²) in [6, 6.07) is 12.0. The normalized spacial score (nSPS) is 18.7. The largest absolute Gasteiger partial charge is 0.451 e. The second-order valence-corrected chi connectivity index (χ2v) is 8.41. The van der Waals surface area contributed by atoms with E-state index in [0.717, 1.165) is 29.8 Å². The van der Waals surface area contributed by atoms with E-state index in [2.05, 4.69) is 46.2 Å². The van der Waals surface area contributed by atoms with Crippen LogP contribution in [-0.4, -0.2) is 34.6 Å². The number of rotatable bonds is 5. The van der Waals surface area contributed by atoms with Crippen LogP contribution < -0.4 is 0 Å². The topological polar surface area (TPSA) is 74.2 Å². The lowest BCUT2D eigenvalue weighted by atomic mass is 9.80. The second-order valence-electron chi connectivity index (χ2n) is 8.41. The number of ether oxygens (including phenoxy) is 2. The first-order valence-corrected chi connectivity index (χ1v) is 12.2. The smallest absolute Gasteiger partial charge is 0.303 e. The van der Waals surface area contributed by atoms with Crippen LogP contribution in [0.3, 0.4) is 0 Å². The Morgan fingerprint density at radius 2 is 1.89 bits per heavy atom. The fourth-order valence-electron chi connectivity index (χ4n) is 4.45. The van der Waals surface area contributed by atoms with Crippen molar-refractivity contribution in [1.82, 2.24) is 15.0 Å². The van der Waals surface area contributed by atoms with Gasteiger partial charge in [-0.1, -0.05) is 51.1 Å². The van der Waals surface area contributed by atoms with Gasteiger partial charge in [-0.15, -0.1) is 0 Å². The van der Waals surface area contributed by atoms with Gasteiger partial charge in [-0.25, -0.2) is 0 Å². The minimum Gasteiger partial charge on any atom is -0.451 e. The maximum absolute atomic E-state index is 11.9. The van der Waals surface area contributed by atoms with E-state index in [1.807, 2.05) is 38.1 Å². The summed E-state index contributed by atoms with van der Waals surface area (Å²) in [7, 11) is 1.73. The Hall–Kier alpha value is -3.38. The van der Waals surface area contributed by atoms with E-state index in [4.69, 9.17) is 9.47 Å². The van der Waals surface area contributed by atoms with Crippen molar-refractivity contribution in [2.45, 2.75) is 52.6 Å². The van der Waals surface area contributed by atoms with E-state index in [0.29, 0.717) is 12.3 Å². The van der Waals surface area contributed by atoms with Crippen LogP contribution in [0.15, 0.2) is 61.1 Å². The quantitative estimate of drug-likeness (QED) is 0.441. The standard InChI is InChI=1S/C27H29N3O3.C2H6/c1-18-22(17-32-3)16-26-24(29-13-14-30-26)9-6-7-20-10-11-21(15-23(18)20)27(33-19(2)31)25-8-4-5-12-28-25;1-2/h4-6,8-15,18,22,27H,7,16-17H2,1-3H3;1-2H3/b9-6+;. The van der Waals surface area contributed by atoms with E-state index in [-0.39, 0.29) is 17.8 Å². The maximum Gasteiger partial charge on any atom is 0.303 e. The third-order valence-corrected chi connectivity index (χ3v) is 6.17. The molecule has 3 aromatic rings. The number of carbonyl (C=O) groups excluding carboxylic acids is 1. The molecular formula is C29H35N3O3. The Morgan fingerprint density at radius 1 is 1.09 bits per heavy atom. The van der Waals surface area contributed by atoms with Crippen LogP contribution in [-0.2, 0) is 27.1 Å². The van der Waals surface area contributed by atoms with Crippen molar-refractivity contribution in [3.63, 3.8) is 0 Å². The number of pyridine rings is 1. The van der Waals surface area contributed by atoms with Gasteiger partial charge in [0.25, 0.3) is 0 Å². The average molecular weight is 474 g/mol. The Balaban J connectivity index is 0.00000167. The Bertz CT molecular complexity index is 1130. The predicted molar refractivity (Wildman–Crippen MR) is 138 cm³/mol. The molecule has 0 N–H and O–H groups in total. The van der Waals surface area contributed by atoms with Gasteiger partial charge in [0, 0.05) is 39.2 Å². The highest BCUT2D eigenvalue weighted by atomic mass is 16.5. The van der Waals surface area contributed by atoms with E-state index < -0.39 is 6.10 Å². The number of hydrogen-bond donors (Lipinski definition) is 0. The van der Waals surface area contributed by atoms with Gasteiger partial charge in [0.2, 0.25) is 0 Å². The van der Waals surface area contributed by atoms with Crippen LogP contribution in [0.4, 0.5) is 0 Å². The highest BCUT2D eigenvalue weighted by molar-refractivity contribution is 5.66. The van der Waals surface area contributed by atoms with Gasteiger partial charge >= 0.3 is 5.97 Å². The summed E-state index contributed by atoms with van der Waals surface area (Å²) in [5, 5.41) is 0. The van der Waals surface area contributed by atoms with Crippen molar-refractivity contribution < 1.29 is 14.3 Å². The molecule has 0 fully saturated rings. The van der Waals surface area contributed by atoms with Crippen LogP contribution in [0.2, 0.25) is 0 Å². The van der Waals surface area contributed by atoms with Crippen LogP contribution in [0, 0.1) is 5.92 Å².